The number of hydrogen-bond donors (Lipinski definition) is 1. The monoisotopic (exact) mass is 268 g/mol. The van der Waals surface area contributed by atoms with Gasteiger partial charge in [-0.2, -0.15) is 0 Å². The van der Waals surface area contributed by atoms with Gasteiger partial charge in [0.1, 0.15) is 11.5 Å². The van der Waals surface area contributed by atoms with Crippen LogP contribution in [-0.2, 0) is 0 Å². The zero-order valence-electron chi connectivity index (χ0n) is 11.6. The first-order valence-corrected chi connectivity index (χ1v) is 6.84. The predicted molar refractivity (Wildman–Crippen MR) is 79.2 cm³/mol. The summed E-state index contributed by atoms with van der Waals surface area (Å²) in [6.07, 6.45) is 3.80. The molecule has 1 unspecified atom stereocenters. The van der Waals surface area contributed by atoms with Crippen molar-refractivity contribution < 1.29 is 4.39 Å². The van der Waals surface area contributed by atoms with Crippen molar-refractivity contribution in [2.24, 2.45) is 5.92 Å². The van der Waals surface area contributed by atoms with E-state index in [0.717, 1.165) is 16.6 Å². The van der Waals surface area contributed by atoms with Crippen molar-refractivity contribution in [1.29, 1.82) is 0 Å². The van der Waals surface area contributed by atoms with E-state index in [1.54, 1.807) is 6.20 Å². The lowest BCUT2D eigenvalue weighted by molar-refractivity contribution is 0.564. The summed E-state index contributed by atoms with van der Waals surface area (Å²) in [5.41, 5.74) is 3.25. The standard InChI is InChI=1S/C17H17FN2/c1-11(2)16(12-5-7-13(18)8-6-12)15-10-20-17-14(15)4-3-9-19-17/h3-11,16H,1-2H3,(H,19,20). The van der Waals surface area contributed by atoms with Crippen LogP contribution in [0.3, 0.4) is 0 Å². The van der Waals surface area contributed by atoms with Crippen LogP contribution < -0.4 is 0 Å². The lowest BCUT2D eigenvalue weighted by Crippen LogP contribution is -2.08. The van der Waals surface area contributed by atoms with Gasteiger partial charge in [0.2, 0.25) is 0 Å². The molecule has 1 N–H and O–H groups in total. The topological polar surface area (TPSA) is 28.7 Å². The van der Waals surface area contributed by atoms with Crippen LogP contribution in [0.1, 0.15) is 30.9 Å². The minimum Gasteiger partial charge on any atom is -0.346 e. The van der Waals surface area contributed by atoms with Crippen molar-refractivity contribution in [3.8, 4) is 0 Å². The van der Waals surface area contributed by atoms with E-state index in [2.05, 4.69) is 29.9 Å². The lowest BCUT2D eigenvalue weighted by atomic mass is 9.83. The average Bonchev–Trinajstić information content (AvgIpc) is 2.85. The SMILES string of the molecule is CC(C)C(c1ccc(F)cc1)c1c[nH]c2ncccc12. The van der Waals surface area contributed by atoms with E-state index in [4.69, 9.17) is 0 Å². The maximum Gasteiger partial charge on any atom is 0.137 e. The molecule has 2 aromatic heterocycles. The number of rotatable bonds is 3. The van der Waals surface area contributed by atoms with Crippen LogP contribution >= 0.6 is 0 Å². The first-order chi connectivity index (χ1) is 9.66. The van der Waals surface area contributed by atoms with Crippen molar-refractivity contribution in [2.75, 3.05) is 0 Å². The molecule has 102 valence electrons. The molecule has 0 spiro atoms. The zero-order valence-corrected chi connectivity index (χ0v) is 11.6. The second-order valence-electron chi connectivity index (χ2n) is 5.42. The fourth-order valence-electron chi connectivity index (χ4n) is 2.83. The second-order valence-corrected chi connectivity index (χ2v) is 5.42. The van der Waals surface area contributed by atoms with E-state index < -0.39 is 0 Å². The number of aromatic nitrogens is 2. The van der Waals surface area contributed by atoms with Crippen molar-refractivity contribution in [3.63, 3.8) is 0 Å². The van der Waals surface area contributed by atoms with Crippen LogP contribution in [0.5, 0.6) is 0 Å². The molecule has 3 heteroatoms. The molecule has 0 aliphatic carbocycles. The summed E-state index contributed by atoms with van der Waals surface area (Å²) >= 11 is 0. The van der Waals surface area contributed by atoms with Crippen LogP contribution in [0.25, 0.3) is 11.0 Å². The fourth-order valence-corrected chi connectivity index (χ4v) is 2.83. The highest BCUT2D eigenvalue weighted by Crippen LogP contribution is 2.35. The quantitative estimate of drug-likeness (QED) is 0.745. The smallest absolute Gasteiger partial charge is 0.137 e. The Kier molecular flexibility index (Phi) is 3.26. The minimum absolute atomic E-state index is 0.197. The number of nitrogens with zero attached hydrogens (tertiary/aromatic N) is 1. The van der Waals surface area contributed by atoms with Gasteiger partial charge in [0.15, 0.2) is 0 Å². The van der Waals surface area contributed by atoms with Crippen molar-refractivity contribution in [3.05, 3.63) is 65.7 Å². The van der Waals surface area contributed by atoms with E-state index in [1.807, 2.05) is 24.4 Å². The van der Waals surface area contributed by atoms with Crippen LogP contribution in [0.4, 0.5) is 4.39 Å². The summed E-state index contributed by atoms with van der Waals surface area (Å²) in [5, 5.41) is 1.13. The van der Waals surface area contributed by atoms with Gasteiger partial charge in [-0.25, -0.2) is 9.37 Å². The average molecular weight is 268 g/mol. The number of pyridine rings is 1. The Balaban J connectivity index is 2.13. The highest BCUT2D eigenvalue weighted by molar-refractivity contribution is 5.80. The van der Waals surface area contributed by atoms with Crippen LogP contribution in [0.15, 0.2) is 48.8 Å². The summed E-state index contributed by atoms with van der Waals surface area (Å²) in [6, 6.07) is 10.8. The number of halogens is 1. The molecular formula is C17H17FN2. The number of H-pyrrole nitrogens is 1. The Hall–Kier alpha value is -2.16. The Morgan fingerprint density at radius 1 is 1.10 bits per heavy atom. The Morgan fingerprint density at radius 3 is 2.55 bits per heavy atom. The predicted octanol–water partition coefficient (Wildman–Crippen LogP) is 4.49. The Morgan fingerprint density at radius 2 is 1.85 bits per heavy atom. The molecule has 1 aromatic carbocycles. The van der Waals surface area contributed by atoms with E-state index in [1.165, 1.54) is 17.7 Å². The van der Waals surface area contributed by atoms with Crippen LogP contribution in [-0.4, -0.2) is 9.97 Å². The summed E-state index contributed by atoms with van der Waals surface area (Å²) < 4.78 is 13.1. The van der Waals surface area contributed by atoms with E-state index in [-0.39, 0.29) is 11.7 Å². The molecule has 2 nitrogen and oxygen atoms in total. The van der Waals surface area contributed by atoms with Crippen molar-refractivity contribution in [1.82, 2.24) is 9.97 Å². The van der Waals surface area contributed by atoms with Crippen LogP contribution in [0.2, 0.25) is 0 Å². The summed E-state index contributed by atoms with van der Waals surface area (Å²) in [4.78, 5) is 7.56. The molecule has 2 heterocycles. The third-order valence-corrected chi connectivity index (χ3v) is 3.71. The van der Waals surface area contributed by atoms with Gasteiger partial charge in [0, 0.05) is 23.7 Å². The highest BCUT2D eigenvalue weighted by atomic mass is 19.1. The number of fused-ring (bicyclic) bond motifs is 1. The van der Waals surface area contributed by atoms with E-state index in [0.29, 0.717) is 5.92 Å². The lowest BCUT2D eigenvalue weighted by Gasteiger charge is -2.21. The molecule has 20 heavy (non-hydrogen) atoms. The number of benzene rings is 1. The maximum absolute atomic E-state index is 13.1. The molecule has 0 fully saturated rings. The molecule has 0 aliphatic heterocycles. The molecule has 0 saturated carbocycles. The van der Waals surface area contributed by atoms with Crippen molar-refractivity contribution in [2.45, 2.75) is 19.8 Å². The molecule has 3 rings (SSSR count). The number of hydrogen-bond acceptors (Lipinski definition) is 1. The first-order valence-electron chi connectivity index (χ1n) is 6.84. The van der Waals surface area contributed by atoms with Gasteiger partial charge in [-0.1, -0.05) is 26.0 Å². The third kappa shape index (κ3) is 2.20. The Bertz CT molecular complexity index is 713. The summed E-state index contributed by atoms with van der Waals surface area (Å²) in [6.45, 7) is 4.37. The molecule has 0 saturated heterocycles. The molecule has 3 aromatic rings. The molecule has 0 bridgehead atoms. The highest BCUT2D eigenvalue weighted by Gasteiger charge is 2.21. The summed E-state index contributed by atoms with van der Waals surface area (Å²) in [5.74, 6) is 0.449. The second kappa shape index (κ2) is 5.08. The van der Waals surface area contributed by atoms with Gasteiger partial charge in [-0.05, 0) is 41.3 Å². The van der Waals surface area contributed by atoms with Crippen molar-refractivity contribution >= 4 is 11.0 Å². The van der Waals surface area contributed by atoms with Crippen LogP contribution in [0, 0.1) is 11.7 Å². The molecular weight excluding hydrogens is 251 g/mol. The summed E-state index contributed by atoms with van der Waals surface area (Å²) in [7, 11) is 0. The van der Waals surface area contributed by atoms with E-state index in [9.17, 15) is 4.39 Å². The first kappa shape index (κ1) is 12.9. The molecule has 0 aliphatic rings. The normalized spacial score (nSPS) is 13.0. The molecule has 0 radical (unpaired) electrons. The van der Waals surface area contributed by atoms with E-state index >= 15 is 0 Å². The number of aromatic amines is 1. The van der Waals surface area contributed by atoms with Gasteiger partial charge in [-0.15, -0.1) is 0 Å². The molecule has 0 amide bonds. The van der Waals surface area contributed by atoms with Gasteiger partial charge in [-0.3, -0.25) is 0 Å². The van der Waals surface area contributed by atoms with Gasteiger partial charge < -0.3 is 4.98 Å². The maximum atomic E-state index is 13.1. The zero-order chi connectivity index (χ0) is 14.1. The van der Waals surface area contributed by atoms with Gasteiger partial charge in [0.25, 0.3) is 0 Å². The largest absolute Gasteiger partial charge is 0.346 e. The van der Waals surface area contributed by atoms with Gasteiger partial charge in [0.05, 0.1) is 0 Å². The fraction of sp³-hybridized carbons (Fsp3) is 0.235. The molecule has 1 atom stereocenters. The minimum atomic E-state index is -0.197. The van der Waals surface area contributed by atoms with Gasteiger partial charge >= 0.3 is 0 Å². The number of nitrogens with one attached hydrogen (secondary N) is 1. The third-order valence-electron chi connectivity index (χ3n) is 3.71. The Labute approximate surface area is 117 Å².